The Morgan fingerprint density at radius 3 is 2.30 bits per heavy atom. The zero-order valence-electron chi connectivity index (χ0n) is 12.8. The molecule has 0 aromatic heterocycles. The molecule has 0 aliphatic carbocycles. The molecule has 1 rings (SSSR count). The Labute approximate surface area is 133 Å². The highest BCUT2D eigenvalue weighted by Gasteiger charge is 2.18. The van der Waals surface area contributed by atoms with Gasteiger partial charge in [-0.2, -0.15) is 0 Å². The molecule has 0 radical (unpaired) electrons. The molecule has 0 saturated carbocycles. The smallest absolute Gasteiger partial charge is 0.105 e. The molecule has 0 fully saturated rings. The van der Waals surface area contributed by atoms with Crippen molar-refractivity contribution in [1.82, 2.24) is 0 Å². The number of hydrogen-bond acceptors (Lipinski definition) is 2. The average Bonchev–Trinajstić information content (AvgIpc) is 2.37. The molecule has 0 aliphatic heterocycles. The number of benzene rings is 1. The maximum atomic E-state index is 6.30. The highest BCUT2D eigenvalue weighted by atomic mass is 35.5. The predicted molar refractivity (Wildman–Crippen MR) is 93.9 cm³/mol. The zero-order valence-corrected chi connectivity index (χ0v) is 14.4. The van der Waals surface area contributed by atoms with Gasteiger partial charge < -0.3 is 10.6 Å². The summed E-state index contributed by atoms with van der Waals surface area (Å²) in [5, 5.41) is 0.634. The maximum absolute atomic E-state index is 6.30. The van der Waals surface area contributed by atoms with Crippen molar-refractivity contribution in [3.63, 3.8) is 0 Å². The summed E-state index contributed by atoms with van der Waals surface area (Å²) >= 11 is 11.3. The van der Waals surface area contributed by atoms with Gasteiger partial charge in [-0.15, -0.1) is 0 Å². The first-order chi connectivity index (χ1) is 9.40. The van der Waals surface area contributed by atoms with Gasteiger partial charge in [0, 0.05) is 23.8 Å². The summed E-state index contributed by atoms with van der Waals surface area (Å²) in [4.78, 5) is 2.79. The minimum atomic E-state index is 0.347. The lowest BCUT2D eigenvalue weighted by Crippen LogP contribution is -2.37. The van der Waals surface area contributed by atoms with Crippen LogP contribution >= 0.6 is 23.8 Å². The largest absolute Gasteiger partial charge is 0.389 e. The zero-order chi connectivity index (χ0) is 15.3. The second kappa shape index (κ2) is 7.84. The van der Waals surface area contributed by atoms with Crippen molar-refractivity contribution in [3.05, 3.63) is 28.8 Å². The van der Waals surface area contributed by atoms with Crippen LogP contribution in [0.3, 0.4) is 0 Å². The molecular formula is C16H25ClN2S. The van der Waals surface area contributed by atoms with E-state index in [1.165, 1.54) is 0 Å². The Morgan fingerprint density at radius 1 is 1.30 bits per heavy atom. The van der Waals surface area contributed by atoms with E-state index in [2.05, 4.69) is 38.7 Å². The first-order valence-electron chi connectivity index (χ1n) is 7.26. The van der Waals surface area contributed by atoms with Gasteiger partial charge in [-0.05, 0) is 37.0 Å². The Hall–Kier alpha value is -0.800. The van der Waals surface area contributed by atoms with Crippen LogP contribution in [-0.2, 0) is 0 Å². The lowest BCUT2D eigenvalue weighted by atomic mass is 10.1. The first-order valence-corrected chi connectivity index (χ1v) is 8.05. The summed E-state index contributed by atoms with van der Waals surface area (Å²) in [6, 6.07) is 6.51. The quantitative estimate of drug-likeness (QED) is 0.745. The lowest BCUT2D eigenvalue weighted by Gasteiger charge is -2.34. The summed E-state index contributed by atoms with van der Waals surface area (Å²) in [7, 11) is 0. The number of thiocarbonyl (C=S) groups is 1. The van der Waals surface area contributed by atoms with Crippen molar-refractivity contribution in [2.24, 2.45) is 11.7 Å². The highest BCUT2D eigenvalue weighted by molar-refractivity contribution is 7.80. The molecule has 0 amide bonds. The van der Waals surface area contributed by atoms with Crippen LogP contribution in [0.2, 0.25) is 5.02 Å². The van der Waals surface area contributed by atoms with E-state index < -0.39 is 0 Å². The van der Waals surface area contributed by atoms with E-state index in [4.69, 9.17) is 29.6 Å². The third kappa shape index (κ3) is 4.35. The fourth-order valence-corrected chi connectivity index (χ4v) is 2.98. The minimum absolute atomic E-state index is 0.347. The summed E-state index contributed by atoms with van der Waals surface area (Å²) in [5.41, 5.74) is 7.57. The lowest BCUT2D eigenvalue weighted by molar-refractivity contribution is 0.507. The van der Waals surface area contributed by atoms with Gasteiger partial charge in [0.25, 0.3) is 0 Å². The van der Waals surface area contributed by atoms with Crippen LogP contribution in [0.15, 0.2) is 18.2 Å². The Kier molecular flexibility index (Phi) is 6.77. The average molecular weight is 313 g/mol. The number of anilines is 1. The van der Waals surface area contributed by atoms with Crippen LogP contribution in [0.25, 0.3) is 0 Å². The predicted octanol–water partition coefficient (Wildman–Crippen LogP) is 4.63. The summed E-state index contributed by atoms with van der Waals surface area (Å²) in [6.07, 6.45) is 2.25. The molecule has 0 unspecified atom stereocenters. The number of hydrogen-bond donors (Lipinski definition) is 1. The van der Waals surface area contributed by atoms with Gasteiger partial charge in [-0.3, -0.25) is 0 Å². The molecule has 2 nitrogen and oxygen atoms in total. The SMILES string of the molecule is CCC(CC)N(CC(C)C)c1ccc(C(N)=S)c(Cl)c1. The summed E-state index contributed by atoms with van der Waals surface area (Å²) in [6.45, 7) is 9.95. The van der Waals surface area contributed by atoms with Gasteiger partial charge in [0.15, 0.2) is 0 Å². The third-order valence-corrected chi connectivity index (χ3v) is 4.03. The molecule has 1 aromatic carbocycles. The number of nitrogens with two attached hydrogens (primary N) is 1. The van der Waals surface area contributed by atoms with E-state index in [-0.39, 0.29) is 0 Å². The minimum Gasteiger partial charge on any atom is -0.389 e. The molecular weight excluding hydrogens is 288 g/mol. The topological polar surface area (TPSA) is 29.3 Å². The molecule has 1 aromatic rings. The van der Waals surface area contributed by atoms with Crippen molar-refractivity contribution in [1.29, 1.82) is 0 Å². The van der Waals surface area contributed by atoms with Crippen molar-refractivity contribution in [2.45, 2.75) is 46.6 Å². The van der Waals surface area contributed by atoms with Gasteiger partial charge in [0.1, 0.15) is 4.99 Å². The van der Waals surface area contributed by atoms with Crippen LogP contribution in [0.5, 0.6) is 0 Å². The first kappa shape index (κ1) is 17.3. The number of rotatable bonds is 7. The van der Waals surface area contributed by atoms with Crippen LogP contribution in [-0.4, -0.2) is 17.6 Å². The monoisotopic (exact) mass is 312 g/mol. The van der Waals surface area contributed by atoms with E-state index in [0.717, 1.165) is 30.6 Å². The molecule has 20 heavy (non-hydrogen) atoms. The van der Waals surface area contributed by atoms with Crippen molar-refractivity contribution < 1.29 is 0 Å². The molecule has 112 valence electrons. The van der Waals surface area contributed by atoms with Crippen LogP contribution in [0.1, 0.15) is 46.1 Å². The molecule has 0 atom stereocenters. The normalized spacial score (nSPS) is 11.2. The van der Waals surface area contributed by atoms with E-state index in [0.29, 0.717) is 22.0 Å². The fraction of sp³-hybridized carbons (Fsp3) is 0.562. The van der Waals surface area contributed by atoms with Gasteiger partial charge in [-0.1, -0.05) is 51.5 Å². The molecule has 0 bridgehead atoms. The van der Waals surface area contributed by atoms with E-state index in [1.807, 2.05) is 12.1 Å². The van der Waals surface area contributed by atoms with Gasteiger partial charge in [0.2, 0.25) is 0 Å². The summed E-state index contributed by atoms with van der Waals surface area (Å²) < 4.78 is 0. The number of halogens is 1. The Morgan fingerprint density at radius 2 is 1.90 bits per heavy atom. The van der Waals surface area contributed by atoms with Crippen LogP contribution in [0.4, 0.5) is 5.69 Å². The van der Waals surface area contributed by atoms with Gasteiger partial charge in [-0.25, -0.2) is 0 Å². The van der Waals surface area contributed by atoms with Gasteiger partial charge in [0.05, 0.1) is 5.02 Å². The summed E-state index contributed by atoms with van der Waals surface area (Å²) in [5.74, 6) is 0.602. The Balaban J connectivity index is 3.13. The van der Waals surface area contributed by atoms with E-state index in [1.54, 1.807) is 0 Å². The Bertz CT molecular complexity index is 456. The van der Waals surface area contributed by atoms with Gasteiger partial charge >= 0.3 is 0 Å². The maximum Gasteiger partial charge on any atom is 0.105 e. The highest BCUT2D eigenvalue weighted by Crippen LogP contribution is 2.27. The van der Waals surface area contributed by atoms with E-state index in [9.17, 15) is 0 Å². The van der Waals surface area contributed by atoms with E-state index >= 15 is 0 Å². The molecule has 0 heterocycles. The van der Waals surface area contributed by atoms with Crippen molar-refractivity contribution in [2.75, 3.05) is 11.4 Å². The number of nitrogens with zero attached hydrogens (tertiary/aromatic N) is 1. The molecule has 4 heteroatoms. The van der Waals surface area contributed by atoms with Crippen LogP contribution in [0, 0.1) is 5.92 Å². The van der Waals surface area contributed by atoms with Crippen LogP contribution < -0.4 is 10.6 Å². The second-order valence-electron chi connectivity index (χ2n) is 5.54. The van der Waals surface area contributed by atoms with Crippen molar-refractivity contribution in [3.8, 4) is 0 Å². The fourth-order valence-electron chi connectivity index (χ4n) is 2.47. The third-order valence-electron chi connectivity index (χ3n) is 3.49. The molecule has 0 aliphatic rings. The standard InChI is InChI=1S/C16H25ClN2S/c1-5-12(6-2)19(10-11(3)4)13-7-8-14(16(18)20)15(17)9-13/h7-9,11-12H,5-6,10H2,1-4H3,(H2,18,20). The molecule has 0 spiro atoms. The second-order valence-corrected chi connectivity index (χ2v) is 6.39. The van der Waals surface area contributed by atoms with Crippen molar-refractivity contribution >= 4 is 34.5 Å². The molecule has 2 N–H and O–H groups in total. The molecule has 0 saturated heterocycles.